The highest BCUT2D eigenvalue weighted by Gasteiger charge is 2.27. The van der Waals surface area contributed by atoms with E-state index in [0.29, 0.717) is 5.02 Å². The first kappa shape index (κ1) is 15.0. The van der Waals surface area contributed by atoms with Crippen molar-refractivity contribution in [3.63, 3.8) is 0 Å². The van der Waals surface area contributed by atoms with Crippen molar-refractivity contribution in [3.8, 4) is 0 Å². The minimum atomic E-state index is -4.35. The summed E-state index contributed by atoms with van der Waals surface area (Å²) in [7, 11) is 0. The molecule has 0 saturated carbocycles. The first-order valence-electron chi connectivity index (χ1n) is 5.27. The predicted octanol–water partition coefficient (Wildman–Crippen LogP) is 3.42. The van der Waals surface area contributed by atoms with Crippen molar-refractivity contribution in [3.05, 3.63) is 34.9 Å². The SMILES string of the molecule is O=C(CCOCC(F)(F)F)Cc1cccc(Cl)c1. The maximum atomic E-state index is 11.7. The van der Waals surface area contributed by atoms with Crippen LogP contribution in [0.25, 0.3) is 0 Å². The standard InChI is InChI=1S/C12H12ClF3O2/c13-10-3-1-2-9(6-10)7-11(17)4-5-18-8-12(14,15)16/h1-3,6H,4-5,7-8H2. The summed E-state index contributed by atoms with van der Waals surface area (Å²) in [5.41, 5.74) is 0.739. The van der Waals surface area contributed by atoms with Gasteiger partial charge in [-0.1, -0.05) is 23.7 Å². The molecule has 0 aromatic heterocycles. The van der Waals surface area contributed by atoms with Crippen molar-refractivity contribution in [2.45, 2.75) is 19.0 Å². The summed E-state index contributed by atoms with van der Waals surface area (Å²) in [6.07, 6.45) is -4.24. The molecule has 0 fully saturated rings. The largest absolute Gasteiger partial charge is 0.411 e. The third kappa shape index (κ3) is 6.61. The van der Waals surface area contributed by atoms with Crippen LogP contribution in [0.4, 0.5) is 13.2 Å². The van der Waals surface area contributed by atoms with Crippen molar-refractivity contribution in [1.29, 1.82) is 0 Å². The van der Waals surface area contributed by atoms with Gasteiger partial charge in [-0.3, -0.25) is 4.79 Å². The van der Waals surface area contributed by atoms with Gasteiger partial charge in [-0.15, -0.1) is 0 Å². The van der Waals surface area contributed by atoms with Gasteiger partial charge in [0.1, 0.15) is 12.4 Å². The highest BCUT2D eigenvalue weighted by atomic mass is 35.5. The van der Waals surface area contributed by atoms with Gasteiger partial charge < -0.3 is 4.74 Å². The summed E-state index contributed by atoms with van der Waals surface area (Å²) in [6, 6.07) is 6.78. The topological polar surface area (TPSA) is 26.3 Å². The number of alkyl halides is 3. The number of rotatable bonds is 6. The Labute approximate surface area is 108 Å². The molecule has 18 heavy (non-hydrogen) atoms. The van der Waals surface area contributed by atoms with Gasteiger partial charge in [-0.05, 0) is 17.7 Å². The summed E-state index contributed by atoms with van der Waals surface area (Å²) in [6.45, 7) is -1.55. The van der Waals surface area contributed by atoms with Crippen molar-refractivity contribution in [2.75, 3.05) is 13.2 Å². The molecule has 0 unspecified atom stereocenters. The molecule has 100 valence electrons. The van der Waals surface area contributed by atoms with Gasteiger partial charge in [-0.25, -0.2) is 0 Å². The molecule has 0 aliphatic carbocycles. The number of benzene rings is 1. The van der Waals surface area contributed by atoms with Crippen LogP contribution < -0.4 is 0 Å². The molecule has 0 radical (unpaired) electrons. The van der Waals surface area contributed by atoms with Crippen LogP contribution >= 0.6 is 11.6 Å². The Hall–Kier alpha value is -1.07. The quantitative estimate of drug-likeness (QED) is 0.746. The highest BCUT2D eigenvalue weighted by Crippen LogP contribution is 2.15. The van der Waals surface area contributed by atoms with E-state index in [1.54, 1.807) is 24.3 Å². The van der Waals surface area contributed by atoms with Crippen molar-refractivity contribution >= 4 is 17.4 Å². The van der Waals surface area contributed by atoms with E-state index in [1.807, 2.05) is 0 Å². The van der Waals surface area contributed by atoms with Gasteiger partial charge in [0, 0.05) is 17.9 Å². The van der Waals surface area contributed by atoms with E-state index >= 15 is 0 Å². The van der Waals surface area contributed by atoms with Crippen molar-refractivity contribution in [2.24, 2.45) is 0 Å². The Morgan fingerprint density at radius 1 is 1.33 bits per heavy atom. The number of ketones is 1. The molecular formula is C12H12ClF3O2. The van der Waals surface area contributed by atoms with Crippen LogP contribution in [-0.4, -0.2) is 25.2 Å². The number of hydrogen-bond acceptors (Lipinski definition) is 2. The summed E-state index contributed by atoms with van der Waals surface area (Å²) in [4.78, 5) is 11.4. The van der Waals surface area contributed by atoms with Crippen molar-refractivity contribution in [1.82, 2.24) is 0 Å². The molecule has 0 amide bonds. The lowest BCUT2D eigenvalue weighted by Gasteiger charge is -2.07. The summed E-state index contributed by atoms with van der Waals surface area (Å²) < 4.78 is 39.6. The Balaban J connectivity index is 2.26. The molecule has 0 bridgehead atoms. The second-order valence-electron chi connectivity index (χ2n) is 3.76. The Bertz CT molecular complexity index is 405. The smallest absolute Gasteiger partial charge is 0.372 e. The van der Waals surface area contributed by atoms with E-state index in [-0.39, 0.29) is 25.2 Å². The summed E-state index contributed by atoms with van der Waals surface area (Å²) >= 11 is 5.74. The van der Waals surface area contributed by atoms with Crippen LogP contribution in [0.5, 0.6) is 0 Å². The molecule has 1 aromatic rings. The fourth-order valence-electron chi connectivity index (χ4n) is 1.34. The van der Waals surface area contributed by atoms with E-state index in [4.69, 9.17) is 11.6 Å². The number of carbonyl (C=O) groups is 1. The third-order valence-electron chi connectivity index (χ3n) is 2.08. The maximum absolute atomic E-state index is 11.7. The molecule has 1 aromatic carbocycles. The van der Waals surface area contributed by atoms with Gasteiger partial charge >= 0.3 is 6.18 Å². The van der Waals surface area contributed by atoms with Crippen LogP contribution in [0.3, 0.4) is 0 Å². The molecule has 0 saturated heterocycles. The van der Waals surface area contributed by atoms with Gasteiger partial charge in [0.05, 0.1) is 6.61 Å². The van der Waals surface area contributed by atoms with Crippen molar-refractivity contribution < 1.29 is 22.7 Å². The second-order valence-corrected chi connectivity index (χ2v) is 4.20. The lowest BCUT2D eigenvalue weighted by molar-refractivity contribution is -0.174. The number of Topliss-reactive ketones (excluding diaryl/α,β-unsaturated/α-hetero) is 1. The first-order valence-corrected chi connectivity index (χ1v) is 5.65. The lowest BCUT2D eigenvalue weighted by Crippen LogP contribution is -2.18. The average Bonchev–Trinajstić information content (AvgIpc) is 2.23. The monoisotopic (exact) mass is 280 g/mol. The molecule has 0 aliphatic rings. The second kappa shape index (κ2) is 6.75. The van der Waals surface area contributed by atoms with E-state index in [1.165, 1.54) is 0 Å². The Kier molecular flexibility index (Phi) is 5.62. The van der Waals surface area contributed by atoms with E-state index in [9.17, 15) is 18.0 Å². The van der Waals surface area contributed by atoms with E-state index in [0.717, 1.165) is 5.56 Å². The molecule has 0 atom stereocenters. The van der Waals surface area contributed by atoms with E-state index in [2.05, 4.69) is 4.74 Å². The maximum Gasteiger partial charge on any atom is 0.411 e. The zero-order chi connectivity index (χ0) is 13.6. The summed E-state index contributed by atoms with van der Waals surface area (Å²) in [5.74, 6) is -0.181. The lowest BCUT2D eigenvalue weighted by atomic mass is 10.1. The fourth-order valence-corrected chi connectivity index (χ4v) is 1.55. The van der Waals surface area contributed by atoms with Gasteiger partial charge in [0.15, 0.2) is 0 Å². The molecule has 0 aliphatic heterocycles. The third-order valence-corrected chi connectivity index (χ3v) is 2.32. The first-order chi connectivity index (χ1) is 8.37. The molecule has 0 heterocycles. The van der Waals surface area contributed by atoms with Gasteiger partial charge in [-0.2, -0.15) is 13.2 Å². The molecular weight excluding hydrogens is 269 g/mol. The molecule has 0 spiro atoms. The highest BCUT2D eigenvalue weighted by molar-refractivity contribution is 6.30. The normalized spacial score (nSPS) is 11.6. The fraction of sp³-hybridized carbons (Fsp3) is 0.417. The number of ether oxygens (including phenoxy) is 1. The number of carbonyl (C=O) groups excluding carboxylic acids is 1. The Morgan fingerprint density at radius 3 is 2.67 bits per heavy atom. The minimum Gasteiger partial charge on any atom is -0.372 e. The zero-order valence-electron chi connectivity index (χ0n) is 9.47. The molecule has 2 nitrogen and oxygen atoms in total. The van der Waals surface area contributed by atoms with Gasteiger partial charge in [0.2, 0.25) is 0 Å². The number of halogens is 4. The predicted molar refractivity (Wildman–Crippen MR) is 61.7 cm³/mol. The average molecular weight is 281 g/mol. The summed E-state index contributed by atoms with van der Waals surface area (Å²) in [5, 5.41) is 0.522. The van der Waals surface area contributed by atoms with Crippen LogP contribution in [0.2, 0.25) is 5.02 Å². The van der Waals surface area contributed by atoms with Crippen LogP contribution in [0.15, 0.2) is 24.3 Å². The molecule has 1 rings (SSSR count). The van der Waals surface area contributed by atoms with Gasteiger partial charge in [0.25, 0.3) is 0 Å². The van der Waals surface area contributed by atoms with E-state index < -0.39 is 12.8 Å². The van der Waals surface area contributed by atoms with Crippen LogP contribution in [-0.2, 0) is 16.0 Å². The zero-order valence-corrected chi connectivity index (χ0v) is 10.2. The Morgan fingerprint density at radius 2 is 2.06 bits per heavy atom. The molecule has 6 heteroatoms. The minimum absolute atomic E-state index is 0.0391. The van der Waals surface area contributed by atoms with Crippen LogP contribution in [0, 0.1) is 0 Å². The number of hydrogen-bond donors (Lipinski definition) is 0. The molecule has 0 N–H and O–H groups in total. The van der Waals surface area contributed by atoms with Crippen LogP contribution in [0.1, 0.15) is 12.0 Å².